The molecule has 0 saturated heterocycles. The van der Waals surface area contributed by atoms with Crippen LogP contribution >= 0.6 is 0 Å². The molecule has 0 unspecified atom stereocenters. The maximum Gasteiger partial charge on any atom is 0.165 e. The zero-order valence-electron chi connectivity index (χ0n) is 6.92. The number of hydrogen-bond donors (Lipinski definition) is 2. The van der Waals surface area contributed by atoms with Gasteiger partial charge in [0, 0.05) is 12.4 Å². The van der Waals surface area contributed by atoms with Gasteiger partial charge in [0.2, 0.25) is 0 Å². The molecule has 0 spiro atoms. The van der Waals surface area contributed by atoms with Gasteiger partial charge in [0.1, 0.15) is 12.1 Å². The summed E-state index contributed by atoms with van der Waals surface area (Å²) in [6, 6.07) is 0. The molecule has 0 radical (unpaired) electrons. The van der Waals surface area contributed by atoms with Crippen molar-refractivity contribution in [2.24, 2.45) is 11.5 Å². The predicted molar refractivity (Wildman–Crippen MR) is 49.0 cm³/mol. The smallest absolute Gasteiger partial charge is 0.165 e. The van der Waals surface area contributed by atoms with E-state index in [0.717, 1.165) is 0 Å². The first-order chi connectivity index (χ1) is 6.24. The Balaban J connectivity index is 2.79. The van der Waals surface area contributed by atoms with E-state index in [1.54, 1.807) is 23.3 Å². The predicted octanol–water partition coefficient (Wildman–Crippen LogP) is -0.318. The van der Waals surface area contributed by atoms with Crippen LogP contribution in [0.4, 0.5) is 0 Å². The second kappa shape index (κ2) is 4.10. The number of aldehydes is 1. The van der Waals surface area contributed by atoms with Crippen LogP contribution in [-0.2, 0) is 4.79 Å². The highest BCUT2D eigenvalue weighted by Gasteiger charge is 1.90. The van der Waals surface area contributed by atoms with Crippen molar-refractivity contribution in [2.45, 2.75) is 0 Å². The van der Waals surface area contributed by atoms with E-state index in [0.29, 0.717) is 12.1 Å². The number of aromatic nitrogens is 2. The summed E-state index contributed by atoms with van der Waals surface area (Å²) >= 11 is 0. The summed E-state index contributed by atoms with van der Waals surface area (Å²) in [4.78, 5) is 13.9. The second-order valence-electron chi connectivity index (χ2n) is 2.35. The Labute approximate surface area is 75.4 Å². The maximum atomic E-state index is 10.1. The van der Waals surface area contributed by atoms with Gasteiger partial charge in [0.05, 0.1) is 5.70 Å². The van der Waals surface area contributed by atoms with Gasteiger partial charge in [-0.25, -0.2) is 4.98 Å². The molecule has 0 fully saturated rings. The molecule has 0 amide bonds. The standard InChI is InChI=1S/C8H10N4O/c9-7(5-13)1-2-8(10)12-4-3-11-6-12/h1-6H,9-10H2/b7-1-,8-2+. The summed E-state index contributed by atoms with van der Waals surface area (Å²) in [5, 5.41) is 0. The van der Waals surface area contributed by atoms with Crippen LogP contribution in [0, 0.1) is 0 Å². The van der Waals surface area contributed by atoms with Crippen molar-refractivity contribution >= 4 is 12.1 Å². The molecule has 5 heteroatoms. The zero-order chi connectivity index (χ0) is 9.68. The lowest BCUT2D eigenvalue weighted by Gasteiger charge is -1.98. The maximum absolute atomic E-state index is 10.1. The molecule has 0 bridgehead atoms. The molecule has 0 aromatic carbocycles. The number of carbonyl (C=O) groups excluding carboxylic acids is 1. The lowest BCUT2D eigenvalue weighted by molar-refractivity contribution is -0.104. The minimum absolute atomic E-state index is 0.128. The highest BCUT2D eigenvalue weighted by molar-refractivity contribution is 5.72. The van der Waals surface area contributed by atoms with Gasteiger partial charge in [-0.15, -0.1) is 0 Å². The fourth-order valence-corrected chi connectivity index (χ4v) is 0.719. The zero-order valence-corrected chi connectivity index (χ0v) is 6.92. The first-order valence-corrected chi connectivity index (χ1v) is 3.60. The van der Waals surface area contributed by atoms with Crippen LogP contribution in [0.2, 0.25) is 0 Å². The van der Waals surface area contributed by atoms with Crippen LogP contribution in [0.1, 0.15) is 0 Å². The molecule has 0 atom stereocenters. The molecule has 13 heavy (non-hydrogen) atoms. The summed E-state index contributed by atoms with van der Waals surface area (Å²) < 4.78 is 1.61. The lowest BCUT2D eigenvalue weighted by Crippen LogP contribution is -2.04. The number of carbonyl (C=O) groups is 1. The summed E-state index contributed by atoms with van der Waals surface area (Å²) in [6.45, 7) is 0. The largest absolute Gasteiger partial charge is 0.396 e. The van der Waals surface area contributed by atoms with Crippen molar-refractivity contribution in [3.63, 3.8) is 0 Å². The molecule has 5 nitrogen and oxygen atoms in total. The summed E-state index contributed by atoms with van der Waals surface area (Å²) in [7, 11) is 0. The van der Waals surface area contributed by atoms with Crippen LogP contribution in [-0.4, -0.2) is 15.8 Å². The Bertz CT molecular complexity index is 337. The Morgan fingerprint density at radius 2 is 2.15 bits per heavy atom. The van der Waals surface area contributed by atoms with Gasteiger partial charge in [0.25, 0.3) is 0 Å². The minimum atomic E-state index is 0.128. The van der Waals surface area contributed by atoms with E-state index >= 15 is 0 Å². The van der Waals surface area contributed by atoms with Gasteiger partial charge >= 0.3 is 0 Å². The van der Waals surface area contributed by atoms with E-state index in [2.05, 4.69) is 4.98 Å². The van der Waals surface area contributed by atoms with Gasteiger partial charge < -0.3 is 11.5 Å². The molecule has 1 heterocycles. The molecule has 0 aliphatic carbocycles. The summed E-state index contributed by atoms with van der Waals surface area (Å²) in [5.41, 5.74) is 11.0. The molecule has 1 aromatic rings. The van der Waals surface area contributed by atoms with Crippen molar-refractivity contribution in [3.05, 3.63) is 36.6 Å². The fourth-order valence-electron chi connectivity index (χ4n) is 0.719. The number of rotatable bonds is 3. The first-order valence-electron chi connectivity index (χ1n) is 3.60. The molecular formula is C8H10N4O. The van der Waals surface area contributed by atoms with Gasteiger partial charge in [-0.05, 0) is 12.2 Å². The number of imidazole rings is 1. The van der Waals surface area contributed by atoms with Gasteiger partial charge in [0.15, 0.2) is 6.29 Å². The Morgan fingerprint density at radius 1 is 1.38 bits per heavy atom. The number of allylic oxidation sites excluding steroid dienone is 3. The SMILES string of the molecule is N/C(C=O)=C\C=C(/N)n1ccnc1. The molecular weight excluding hydrogens is 168 g/mol. The van der Waals surface area contributed by atoms with E-state index in [9.17, 15) is 4.79 Å². The first kappa shape index (κ1) is 9.05. The average molecular weight is 178 g/mol. The van der Waals surface area contributed by atoms with Crippen molar-refractivity contribution in [1.29, 1.82) is 0 Å². The number of nitrogens with zero attached hydrogens (tertiary/aromatic N) is 2. The van der Waals surface area contributed by atoms with Gasteiger partial charge in [-0.1, -0.05) is 0 Å². The van der Waals surface area contributed by atoms with Crippen LogP contribution in [0.5, 0.6) is 0 Å². The van der Waals surface area contributed by atoms with Crippen molar-refractivity contribution in [3.8, 4) is 0 Å². The van der Waals surface area contributed by atoms with Crippen LogP contribution in [0.3, 0.4) is 0 Å². The van der Waals surface area contributed by atoms with Crippen LogP contribution in [0.25, 0.3) is 5.82 Å². The molecule has 1 rings (SSSR count). The molecule has 0 saturated carbocycles. The summed E-state index contributed by atoms with van der Waals surface area (Å²) in [6.07, 6.45) is 8.37. The van der Waals surface area contributed by atoms with Gasteiger partial charge in [-0.3, -0.25) is 9.36 Å². The Kier molecular flexibility index (Phi) is 2.86. The molecule has 0 aliphatic heterocycles. The molecule has 0 aliphatic rings. The molecule has 68 valence electrons. The van der Waals surface area contributed by atoms with E-state index in [4.69, 9.17) is 11.5 Å². The van der Waals surface area contributed by atoms with E-state index in [1.807, 2.05) is 0 Å². The van der Waals surface area contributed by atoms with Crippen molar-refractivity contribution in [2.75, 3.05) is 0 Å². The normalized spacial score (nSPS) is 12.9. The van der Waals surface area contributed by atoms with E-state index < -0.39 is 0 Å². The topological polar surface area (TPSA) is 86.9 Å². The Hall–Kier alpha value is -2.04. The highest BCUT2D eigenvalue weighted by Crippen LogP contribution is 1.95. The highest BCUT2D eigenvalue weighted by atomic mass is 16.1. The van der Waals surface area contributed by atoms with Crippen LogP contribution in [0.15, 0.2) is 36.6 Å². The third-order valence-electron chi connectivity index (χ3n) is 1.39. The average Bonchev–Trinajstić information content (AvgIpc) is 2.66. The lowest BCUT2D eigenvalue weighted by atomic mass is 10.4. The van der Waals surface area contributed by atoms with E-state index in [-0.39, 0.29) is 5.70 Å². The van der Waals surface area contributed by atoms with Crippen molar-refractivity contribution in [1.82, 2.24) is 9.55 Å². The molecule has 4 N–H and O–H groups in total. The molecule has 1 aromatic heterocycles. The fraction of sp³-hybridized carbons (Fsp3) is 0. The summed E-state index contributed by atoms with van der Waals surface area (Å²) in [5.74, 6) is 0.447. The van der Waals surface area contributed by atoms with Crippen LogP contribution < -0.4 is 11.5 Å². The minimum Gasteiger partial charge on any atom is -0.396 e. The number of nitrogens with two attached hydrogens (primary N) is 2. The van der Waals surface area contributed by atoms with Gasteiger partial charge in [-0.2, -0.15) is 0 Å². The Morgan fingerprint density at radius 3 is 2.69 bits per heavy atom. The number of hydrogen-bond acceptors (Lipinski definition) is 4. The van der Waals surface area contributed by atoms with E-state index in [1.165, 1.54) is 12.2 Å². The third kappa shape index (κ3) is 2.48. The monoisotopic (exact) mass is 178 g/mol. The third-order valence-corrected chi connectivity index (χ3v) is 1.39. The quantitative estimate of drug-likeness (QED) is 0.377. The second-order valence-corrected chi connectivity index (χ2v) is 2.35. The van der Waals surface area contributed by atoms with Crippen molar-refractivity contribution < 1.29 is 4.79 Å².